The third kappa shape index (κ3) is 3.21. The van der Waals surface area contributed by atoms with E-state index in [1.165, 1.54) is 19.3 Å². The van der Waals surface area contributed by atoms with Crippen molar-refractivity contribution in [3.63, 3.8) is 0 Å². The lowest BCUT2D eigenvalue weighted by Gasteiger charge is -2.15. The first kappa shape index (κ1) is 9.01. The molecule has 0 spiro atoms. The molecule has 0 aromatic carbocycles. The standard InChI is InChI=1S/C9H19NO/c1-3-9(8-4-5-8)10-6-7-11-2/h8-10H,3-7H2,1-2H3. The van der Waals surface area contributed by atoms with Gasteiger partial charge in [-0.15, -0.1) is 0 Å². The zero-order valence-corrected chi connectivity index (χ0v) is 7.60. The smallest absolute Gasteiger partial charge is 0.0587 e. The van der Waals surface area contributed by atoms with Crippen LogP contribution in [0.4, 0.5) is 0 Å². The minimum absolute atomic E-state index is 0.755. The van der Waals surface area contributed by atoms with Gasteiger partial charge >= 0.3 is 0 Å². The molecule has 66 valence electrons. The largest absolute Gasteiger partial charge is 0.383 e. The first-order chi connectivity index (χ1) is 5.38. The van der Waals surface area contributed by atoms with Crippen LogP contribution in [0.25, 0.3) is 0 Å². The van der Waals surface area contributed by atoms with E-state index in [0.717, 1.165) is 25.1 Å². The topological polar surface area (TPSA) is 21.3 Å². The highest BCUT2D eigenvalue weighted by molar-refractivity contribution is 4.85. The van der Waals surface area contributed by atoms with Gasteiger partial charge in [0.2, 0.25) is 0 Å². The maximum atomic E-state index is 4.97. The maximum absolute atomic E-state index is 4.97. The van der Waals surface area contributed by atoms with Crippen molar-refractivity contribution in [2.24, 2.45) is 5.92 Å². The number of nitrogens with one attached hydrogen (secondary N) is 1. The van der Waals surface area contributed by atoms with Crippen LogP contribution in [0.2, 0.25) is 0 Å². The van der Waals surface area contributed by atoms with Gasteiger partial charge in [0.25, 0.3) is 0 Å². The molecule has 1 unspecified atom stereocenters. The molecule has 2 nitrogen and oxygen atoms in total. The summed E-state index contributed by atoms with van der Waals surface area (Å²) in [6.45, 7) is 4.09. The minimum Gasteiger partial charge on any atom is -0.383 e. The van der Waals surface area contributed by atoms with Crippen molar-refractivity contribution in [2.75, 3.05) is 20.3 Å². The molecule has 2 heteroatoms. The van der Waals surface area contributed by atoms with E-state index in [9.17, 15) is 0 Å². The number of rotatable bonds is 6. The predicted octanol–water partition coefficient (Wildman–Crippen LogP) is 1.41. The fourth-order valence-electron chi connectivity index (χ4n) is 1.49. The SMILES string of the molecule is CCC(NCCOC)C1CC1. The molecule has 1 fully saturated rings. The molecule has 0 bridgehead atoms. The molecule has 0 aromatic rings. The van der Waals surface area contributed by atoms with Crippen molar-refractivity contribution in [1.82, 2.24) is 5.32 Å². The average Bonchev–Trinajstić information content (AvgIpc) is 2.81. The molecule has 11 heavy (non-hydrogen) atoms. The number of ether oxygens (including phenoxy) is 1. The Bertz CT molecular complexity index is 102. The van der Waals surface area contributed by atoms with Crippen molar-refractivity contribution in [1.29, 1.82) is 0 Å². The molecular weight excluding hydrogens is 138 g/mol. The van der Waals surface area contributed by atoms with Crippen molar-refractivity contribution in [3.05, 3.63) is 0 Å². The molecule has 0 saturated heterocycles. The van der Waals surface area contributed by atoms with Gasteiger partial charge in [0.1, 0.15) is 0 Å². The van der Waals surface area contributed by atoms with E-state index < -0.39 is 0 Å². The van der Waals surface area contributed by atoms with Crippen molar-refractivity contribution < 1.29 is 4.74 Å². The molecule has 0 aromatic heterocycles. The molecule has 1 rings (SSSR count). The summed E-state index contributed by atoms with van der Waals surface area (Å²) in [5.74, 6) is 0.969. The van der Waals surface area contributed by atoms with Crippen molar-refractivity contribution in [2.45, 2.75) is 32.2 Å². The van der Waals surface area contributed by atoms with Crippen LogP contribution >= 0.6 is 0 Å². The zero-order chi connectivity index (χ0) is 8.10. The van der Waals surface area contributed by atoms with E-state index in [-0.39, 0.29) is 0 Å². The summed E-state index contributed by atoms with van der Waals surface area (Å²) in [6.07, 6.45) is 4.12. The second kappa shape index (κ2) is 4.73. The maximum Gasteiger partial charge on any atom is 0.0587 e. The Morgan fingerprint density at radius 2 is 2.27 bits per heavy atom. The Balaban J connectivity index is 2.01. The summed E-state index contributed by atoms with van der Waals surface area (Å²) >= 11 is 0. The van der Waals surface area contributed by atoms with Crippen molar-refractivity contribution >= 4 is 0 Å². The highest BCUT2D eigenvalue weighted by Gasteiger charge is 2.28. The molecule has 1 N–H and O–H groups in total. The van der Waals surface area contributed by atoms with Gasteiger partial charge in [-0.2, -0.15) is 0 Å². The highest BCUT2D eigenvalue weighted by Crippen LogP contribution is 2.33. The molecular formula is C9H19NO. The molecule has 0 aliphatic heterocycles. The van der Waals surface area contributed by atoms with Crippen LogP contribution in [-0.2, 0) is 4.74 Å². The van der Waals surface area contributed by atoms with Crippen LogP contribution in [0.5, 0.6) is 0 Å². The van der Waals surface area contributed by atoms with Gasteiger partial charge < -0.3 is 10.1 Å². The normalized spacial score (nSPS) is 20.2. The quantitative estimate of drug-likeness (QED) is 0.589. The van der Waals surface area contributed by atoms with Gasteiger partial charge in [0.15, 0.2) is 0 Å². The Hall–Kier alpha value is -0.0800. The van der Waals surface area contributed by atoms with Crippen LogP contribution in [0.3, 0.4) is 0 Å². The van der Waals surface area contributed by atoms with Gasteiger partial charge in [-0.25, -0.2) is 0 Å². The van der Waals surface area contributed by atoms with E-state index in [0.29, 0.717) is 0 Å². The number of methoxy groups -OCH3 is 1. The third-order valence-corrected chi connectivity index (χ3v) is 2.34. The monoisotopic (exact) mass is 157 g/mol. The Morgan fingerprint density at radius 1 is 1.55 bits per heavy atom. The second-order valence-corrected chi connectivity index (χ2v) is 3.30. The summed E-state index contributed by atoms with van der Waals surface area (Å²) in [4.78, 5) is 0. The summed E-state index contributed by atoms with van der Waals surface area (Å²) in [7, 11) is 1.75. The number of hydrogen-bond donors (Lipinski definition) is 1. The average molecular weight is 157 g/mol. The Labute approximate surface area is 69.3 Å². The van der Waals surface area contributed by atoms with Crippen molar-refractivity contribution in [3.8, 4) is 0 Å². The fraction of sp³-hybridized carbons (Fsp3) is 1.00. The van der Waals surface area contributed by atoms with E-state index in [1.807, 2.05) is 0 Å². The van der Waals surface area contributed by atoms with E-state index in [4.69, 9.17) is 4.74 Å². The summed E-state index contributed by atoms with van der Waals surface area (Å²) in [5.41, 5.74) is 0. The van der Waals surface area contributed by atoms with Crippen LogP contribution in [0.1, 0.15) is 26.2 Å². The Kier molecular flexibility index (Phi) is 3.87. The zero-order valence-electron chi connectivity index (χ0n) is 7.60. The predicted molar refractivity (Wildman–Crippen MR) is 46.7 cm³/mol. The van der Waals surface area contributed by atoms with E-state index in [2.05, 4.69) is 12.2 Å². The minimum atomic E-state index is 0.755. The van der Waals surface area contributed by atoms with Gasteiger partial charge in [-0.05, 0) is 25.2 Å². The Morgan fingerprint density at radius 3 is 2.73 bits per heavy atom. The molecule has 1 aliphatic rings. The molecule has 1 atom stereocenters. The molecule has 1 saturated carbocycles. The van der Waals surface area contributed by atoms with Gasteiger partial charge in [0.05, 0.1) is 6.61 Å². The summed E-state index contributed by atoms with van der Waals surface area (Å²) < 4.78 is 4.97. The summed E-state index contributed by atoms with van der Waals surface area (Å²) in [6, 6.07) is 0.755. The fourth-order valence-corrected chi connectivity index (χ4v) is 1.49. The molecule has 0 heterocycles. The van der Waals surface area contributed by atoms with E-state index in [1.54, 1.807) is 7.11 Å². The highest BCUT2D eigenvalue weighted by atomic mass is 16.5. The summed E-state index contributed by atoms with van der Waals surface area (Å²) in [5, 5.41) is 3.51. The van der Waals surface area contributed by atoms with Crippen LogP contribution in [-0.4, -0.2) is 26.3 Å². The van der Waals surface area contributed by atoms with Gasteiger partial charge in [-0.3, -0.25) is 0 Å². The first-order valence-electron chi connectivity index (χ1n) is 4.60. The second-order valence-electron chi connectivity index (χ2n) is 3.30. The molecule has 0 amide bonds. The number of hydrogen-bond acceptors (Lipinski definition) is 2. The van der Waals surface area contributed by atoms with Crippen LogP contribution in [0.15, 0.2) is 0 Å². The van der Waals surface area contributed by atoms with Crippen LogP contribution < -0.4 is 5.32 Å². The first-order valence-corrected chi connectivity index (χ1v) is 4.60. The molecule has 1 aliphatic carbocycles. The van der Waals surface area contributed by atoms with Gasteiger partial charge in [-0.1, -0.05) is 6.92 Å². The lowest BCUT2D eigenvalue weighted by atomic mass is 10.1. The lowest BCUT2D eigenvalue weighted by molar-refractivity contribution is 0.193. The van der Waals surface area contributed by atoms with E-state index >= 15 is 0 Å². The lowest BCUT2D eigenvalue weighted by Crippen LogP contribution is -2.32. The van der Waals surface area contributed by atoms with Crippen LogP contribution in [0, 0.1) is 5.92 Å². The third-order valence-electron chi connectivity index (χ3n) is 2.34. The van der Waals surface area contributed by atoms with Gasteiger partial charge in [0, 0.05) is 19.7 Å². The molecule has 0 radical (unpaired) electrons.